The highest BCUT2D eigenvalue weighted by Gasteiger charge is 2.24. The van der Waals surface area contributed by atoms with Gasteiger partial charge in [0.15, 0.2) is 0 Å². The Labute approximate surface area is 113 Å². The van der Waals surface area contributed by atoms with Crippen LogP contribution in [0.3, 0.4) is 0 Å². The molecule has 1 amide bonds. The maximum absolute atomic E-state index is 12.2. The number of hydrogen-bond donors (Lipinski definition) is 1. The number of rotatable bonds is 5. The second kappa shape index (κ2) is 6.73. The van der Waals surface area contributed by atoms with Gasteiger partial charge in [-0.15, -0.1) is 0 Å². The van der Waals surface area contributed by atoms with Crippen LogP contribution < -0.4 is 0 Å². The summed E-state index contributed by atoms with van der Waals surface area (Å²) in [5.74, 6) is 0.852. The van der Waals surface area contributed by atoms with E-state index in [9.17, 15) is 9.90 Å². The lowest BCUT2D eigenvalue weighted by molar-refractivity contribution is -0.133. The first-order valence-corrected chi connectivity index (χ1v) is 6.82. The molecule has 19 heavy (non-hydrogen) atoms. The van der Waals surface area contributed by atoms with E-state index in [4.69, 9.17) is 4.42 Å². The van der Waals surface area contributed by atoms with Gasteiger partial charge in [-0.3, -0.25) is 9.69 Å². The van der Waals surface area contributed by atoms with Crippen LogP contribution >= 0.6 is 0 Å². The molecule has 5 nitrogen and oxygen atoms in total. The molecule has 0 saturated carbocycles. The van der Waals surface area contributed by atoms with Crippen molar-refractivity contribution < 1.29 is 14.3 Å². The summed E-state index contributed by atoms with van der Waals surface area (Å²) in [4.78, 5) is 15.9. The fourth-order valence-electron chi connectivity index (χ4n) is 2.49. The topological polar surface area (TPSA) is 56.9 Å². The van der Waals surface area contributed by atoms with Gasteiger partial charge < -0.3 is 14.4 Å². The average molecular weight is 266 g/mol. The Balaban J connectivity index is 1.85. The van der Waals surface area contributed by atoms with E-state index in [2.05, 4.69) is 4.90 Å². The van der Waals surface area contributed by atoms with E-state index in [-0.39, 0.29) is 18.6 Å². The molecule has 2 heterocycles. The molecule has 2 rings (SSSR count). The summed E-state index contributed by atoms with van der Waals surface area (Å²) in [7, 11) is 1.78. The fourth-order valence-corrected chi connectivity index (χ4v) is 2.49. The van der Waals surface area contributed by atoms with Crippen LogP contribution in [-0.4, -0.2) is 53.6 Å². The molecule has 0 spiro atoms. The molecule has 5 heteroatoms. The number of nitrogens with zero attached hydrogens (tertiary/aromatic N) is 2. The van der Waals surface area contributed by atoms with Crippen molar-refractivity contribution in [1.29, 1.82) is 0 Å². The smallest absolute Gasteiger partial charge is 0.236 e. The molecule has 1 aliphatic rings. The number of likely N-dealkylation sites (tertiary alicyclic amines) is 1. The minimum Gasteiger partial charge on any atom is -0.467 e. The molecule has 1 N–H and O–H groups in total. The van der Waals surface area contributed by atoms with Crippen LogP contribution in [0.2, 0.25) is 0 Å². The summed E-state index contributed by atoms with van der Waals surface area (Å²) < 4.78 is 5.24. The Bertz CT molecular complexity index is 391. The van der Waals surface area contributed by atoms with Crippen molar-refractivity contribution in [3.8, 4) is 0 Å². The van der Waals surface area contributed by atoms with E-state index in [0.29, 0.717) is 13.1 Å². The molecule has 106 valence electrons. The number of piperidine rings is 1. The Morgan fingerprint density at radius 3 is 3.11 bits per heavy atom. The van der Waals surface area contributed by atoms with Gasteiger partial charge in [0.05, 0.1) is 26.0 Å². The van der Waals surface area contributed by atoms with E-state index >= 15 is 0 Å². The third-order valence-corrected chi connectivity index (χ3v) is 3.70. The van der Waals surface area contributed by atoms with Crippen LogP contribution in [0.1, 0.15) is 25.0 Å². The second-order valence-electron chi connectivity index (χ2n) is 5.13. The first-order chi connectivity index (χ1) is 9.20. The van der Waals surface area contributed by atoms with Crippen LogP contribution in [0.15, 0.2) is 22.8 Å². The lowest BCUT2D eigenvalue weighted by Crippen LogP contribution is -2.47. The van der Waals surface area contributed by atoms with Crippen molar-refractivity contribution in [3.63, 3.8) is 0 Å². The fraction of sp³-hybridized carbons (Fsp3) is 0.643. The highest BCUT2D eigenvalue weighted by Crippen LogP contribution is 2.16. The quantitative estimate of drug-likeness (QED) is 0.866. The zero-order chi connectivity index (χ0) is 13.7. The van der Waals surface area contributed by atoms with Crippen molar-refractivity contribution in [2.45, 2.75) is 31.8 Å². The summed E-state index contributed by atoms with van der Waals surface area (Å²) >= 11 is 0. The van der Waals surface area contributed by atoms with Crippen LogP contribution in [0.4, 0.5) is 0 Å². The highest BCUT2D eigenvalue weighted by atomic mass is 16.3. The third-order valence-electron chi connectivity index (χ3n) is 3.70. The number of hydrogen-bond acceptors (Lipinski definition) is 4. The SMILES string of the molecule is CN(Cc1ccco1)C(=O)CN1CCCCC1CO. The van der Waals surface area contributed by atoms with Gasteiger partial charge in [0.1, 0.15) is 5.76 Å². The zero-order valence-electron chi connectivity index (χ0n) is 11.4. The Morgan fingerprint density at radius 2 is 2.42 bits per heavy atom. The molecular formula is C14H22N2O3. The normalized spacial score (nSPS) is 20.4. The highest BCUT2D eigenvalue weighted by molar-refractivity contribution is 5.78. The van der Waals surface area contributed by atoms with Crippen molar-refractivity contribution in [3.05, 3.63) is 24.2 Å². The van der Waals surface area contributed by atoms with Crippen molar-refractivity contribution >= 4 is 5.91 Å². The molecule has 0 aromatic carbocycles. The molecule has 0 radical (unpaired) electrons. The lowest BCUT2D eigenvalue weighted by atomic mass is 10.0. The summed E-state index contributed by atoms with van der Waals surface area (Å²) in [6.45, 7) is 1.90. The second-order valence-corrected chi connectivity index (χ2v) is 5.13. The summed E-state index contributed by atoms with van der Waals surface area (Å²) in [5, 5.41) is 9.34. The lowest BCUT2D eigenvalue weighted by Gasteiger charge is -2.34. The monoisotopic (exact) mass is 266 g/mol. The van der Waals surface area contributed by atoms with E-state index in [1.165, 1.54) is 0 Å². The molecule has 0 aliphatic carbocycles. The van der Waals surface area contributed by atoms with Crippen LogP contribution in [0.5, 0.6) is 0 Å². The molecule has 1 aliphatic heterocycles. The Hall–Kier alpha value is -1.33. The number of carbonyl (C=O) groups is 1. The minimum absolute atomic E-state index is 0.0664. The standard InChI is InChI=1S/C14H22N2O3/c1-15(9-13-6-4-8-19-13)14(18)10-16-7-3-2-5-12(16)11-17/h4,6,8,12,17H,2-3,5,7,9-11H2,1H3. The number of amides is 1. The van der Waals surface area contributed by atoms with Gasteiger partial charge in [0.25, 0.3) is 0 Å². The first kappa shape index (κ1) is 14.1. The molecule has 0 bridgehead atoms. The largest absolute Gasteiger partial charge is 0.467 e. The Kier molecular flexibility index (Phi) is 4.99. The molecule has 1 unspecified atom stereocenters. The summed E-state index contributed by atoms with van der Waals surface area (Å²) in [5.41, 5.74) is 0. The molecule has 1 saturated heterocycles. The molecular weight excluding hydrogens is 244 g/mol. The molecule has 1 fully saturated rings. The van der Waals surface area contributed by atoms with Crippen molar-refractivity contribution in [2.75, 3.05) is 26.7 Å². The van der Waals surface area contributed by atoms with Gasteiger partial charge in [-0.1, -0.05) is 6.42 Å². The van der Waals surface area contributed by atoms with Gasteiger partial charge in [-0.25, -0.2) is 0 Å². The predicted octanol–water partition coefficient (Wildman–Crippen LogP) is 1.08. The molecule has 1 aromatic heterocycles. The van der Waals surface area contributed by atoms with E-state index in [1.807, 2.05) is 12.1 Å². The Morgan fingerprint density at radius 1 is 1.58 bits per heavy atom. The zero-order valence-corrected chi connectivity index (χ0v) is 11.4. The van der Waals surface area contributed by atoms with E-state index in [0.717, 1.165) is 31.6 Å². The maximum Gasteiger partial charge on any atom is 0.236 e. The van der Waals surface area contributed by atoms with Crippen molar-refractivity contribution in [1.82, 2.24) is 9.80 Å². The number of aliphatic hydroxyl groups is 1. The van der Waals surface area contributed by atoms with Crippen molar-refractivity contribution in [2.24, 2.45) is 0 Å². The van der Waals surface area contributed by atoms with Gasteiger partial charge in [-0.05, 0) is 31.5 Å². The van der Waals surface area contributed by atoms with Gasteiger partial charge in [0, 0.05) is 13.1 Å². The number of carbonyl (C=O) groups excluding carboxylic acids is 1. The number of likely N-dealkylation sites (N-methyl/N-ethyl adjacent to an activating group) is 1. The maximum atomic E-state index is 12.2. The van der Waals surface area contributed by atoms with Crippen LogP contribution in [-0.2, 0) is 11.3 Å². The van der Waals surface area contributed by atoms with Crippen LogP contribution in [0.25, 0.3) is 0 Å². The number of aliphatic hydroxyl groups excluding tert-OH is 1. The van der Waals surface area contributed by atoms with Gasteiger partial charge in [0.2, 0.25) is 5.91 Å². The molecule has 1 aromatic rings. The predicted molar refractivity (Wildman–Crippen MR) is 71.5 cm³/mol. The van der Waals surface area contributed by atoms with Crippen LogP contribution in [0, 0.1) is 0 Å². The molecule has 1 atom stereocenters. The first-order valence-electron chi connectivity index (χ1n) is 6.82. The minimum atomic E-state index is 0.0664. The average Bonchev–Trinajstić information content (AvgIpc) is 2.92. The van der Waals surface area contributed by atoms with Gasteiger partial charge in [-0.2, -0.15) is 0 Å². The summed E-state index contributed by atoms with van der Waals surface area (Å²) in [6.07, 6.45) is 4.83. The van der Waals surface area contributed by atoms with Gasteiger partial charge >= 0.3 is 0 Å². The van der Waals surface area contributed by atoms with E-state index < -0.39 is 0 Å². The van der Waals surface area contributed by atoms with E-state index in [1.54, 1.807) is 18.2 Å². The summed E-state index contributed by atoms with van der Waals surface area (Å²) in [6, 6.07) is 3.82. The number of furan rings is 1. The third kappa shape index (κ3) is 3.81.